The van der Waals surface area contributed by atoms with Gasteiger partial charge in [0, 0.05) is 44.0 Å². The lowest BCUT2D eigenvalue weighted by molar-refractivity contribution is -0.136. The van der Waals surface area contributed by atoms with Crippen molar-refractivity contribution in [3.05, 3.63) is 29.8 Å². The van der Waals surface area contributed by atoms with Gasteiger partial charge < -0.3 is 29.9 Å². The van der Waals surface area contributed by atoms with Crippen molar-refractivity contribution in [1.29, 1.82) is 0 Å². The van der Waals surface area contributed by atoms with Crippen LogP contribution in [-0.2, 0) is 9.53 Å². The number of carbonyl (C=O) groups excluding carboxylic acids is 2. The molecule has 0 aliphatic carbocycles. The zero-order chi connectivity index (χ0) is 23.8. The van der Waals surface area contributed by atoms with E-state index in [0.29, 0.717) is 18.5 Å². The molecule has 33 heavy (non-hydrogen) atoms. The molecule has 3 heterocycles. The van der Waals surface area contributed by atoms with Crippen LogP contribution in [0.4, 0.5) is 5.69 Å². The Morgan fingerprint density at radius 3 is 2.42 bits per heavy atom. The third kappa shape index (κ3) is 5.50. The molecule has 0 radical (unpaired) electrons. The van der Waals surface area contributed by atoms with Gasteiger partial charge in [-0.05, 0) is 49.6 Å². The number of nitrogens with zero attached hydrogens (tertiary/aromatic N) is 3. The molecule has 182 valence electrons. The Morgan fingerprint density at radius 2 is 1.79 bits per heavy atom. The molecule has 0 aromatic heterocycles. The number of likely N-dealkylation sites (tertiary alicyclic amines) is 1. The molecular formula is C25H38N4O4. The van der Waals surface area contributed by atoms with E-state index in [2.05, 4.69) is 42.9 Å². The minimum Gasteiger partial charge on any atom is -0.388 e. The van der Waals surface area contributed by atoms with Gasteiger partial charge in [-0.3, -0.25) is 9.59 Å². The minimum atomic E-state index is -0.672. The molecule has 0 saturated carbocycles. The van der Waals surface area contributed by atoms with Gasteiger partial charge in [-0.1, -0.05) is 20.8 Å². The highest BCUT2D eigenvalue weighted by atomic mass is 16.5. The first-order valence-electron chi connectivity index (χ1n) is 12.1. The van der Waals surface area contributed by atoms with E-state index in [0.717, 1.165) is 38.3 Å². The third-order valence-electron chi connectivity index (χ3n) is 6.97. The van der Waals surface area contributed by atoms with Crippen LogP contribution in [0.1, 0.15) is 44.0 Å². The molecule has 3 aliphatic heterocycles. The second-order valence-electron chi connectivity index (χ2n) is 10.9. The van der Waals surface area contributed by atoms with Crippen molar-refractivity contribution < 1.29 is 19.4 Å². The van der Waals surface area contributed by atoms with Gasteiger partial charge in [0.05, 0.1) is 18.8 Å². The van der Waals surface area contributed by atoms with E-state index in [1.807, 2.05) is 24.3 Å². The number of aliphatic hydroxyl groups is 1. The molecule has 8 nitrogen and oxygen atoms in total. The molecule has 4 rings (SSSR count). The molecule has 1 aromatic rings. The van der Waals surface area contributed by atoms with E-state index in [4.69, 9.17) is 4.74 Å². The van der Waals surface area contributed by atoms with Crippen molar-refractivity contribution in [3.8, 4) is 0 Å². The monoisotopic (exact) mass is 458 g/mol. The summed E-state index contributed by atoms with van der Waals surface area (Å²) in [6.45, 7) is 11.0. The molecule has 3 aliphatic rings. The van der Waals surface area contributed by atoms with Gasteiger partial charge in [0.1, 0.15) is 12.1 Å². The lowest BCUT2D eigenvalue weighted by Crippen LogP contribution is -2.54. The van der Waals surface area contributed by atoms with Gasteiger partial charge in [-0.25, -0.2) is 0 Å². The molecule has 1 unspecified atom stereocenters. The van der Waals surface area contributed by atoms with Crippen molar-refractivity contribution in [2.24, 2.45) is 5.41 Å². The maximum absolute atomic E-state index is 13.5. The van der Waals surface area contributed by atoms with E-state index < -0.39 is 12.1 Å². The number of hydrogen-bond donors (Lipinski definition) is 2. The molecule has 3 fully saturated rings. The Hall–Kier alpha value is -2.16. The van der Waals surface area contributed by atoms with E-state index >= 15 is 0 Å². The number of amides is 2. The highest BCUT2D eigenvalue weighted by Gasteiger charge is 2.48. The van der Waals surface area contributed by atoms with Gasteiger partial charge in [-0.2, -0.15) is 0 Å². The number of nitrogens with one attached hydrogen (secondary N) is 1. The molecule has 2 N–H and O–H groups in total. The number of rotatable bonds is 5. The quantitative estimate of drug-likeness (QED) is 0.693. The van der Waals surface area contributed by atoms with Crippen LogP contribution < -0.4 is 10.2 Å². The summed E-state index contributed by atoms with van der Waals surface area (Å²) in [6.07, 6.45) is 0.450. The first-order chi connectivity index (χ1) is 15.6. The normalized spacial score (nSPS) is 26.9. The summed E-state index contributed by atoms with van der Waals surface area (Å²) in [7, 11) is 2.13. The molecule has 3 saturated heterocycles. The maximum atomic E-state index is 13.5. The van der Waals surface area contributed by atoms with Crippen molar-refractivity contribution in [2.45, 2.75) is 57.9 Å². The molecule has 2 amide bonds. The molecule has 1 aromatic carbocycles. The zero-order valence-corrected chi connectivity index (χ0v) is 20.3. The number of benzene rings is 1. The van der Waals surface area contributed by atoms with Crippen LogP contribution in [0.3, 0.4) is 0 Å². The Morgan fingerprint density at radius 1 is 1.12 bits per heavy atom. The number of hydrogen-bond acceptors (Lipinski definition) is 6. The van der Waals surface area contributed by atoms with Gasteiger partial charge in [0.15, 0.2) is 0 Å². The summed E-state index contributed by atoms with van der Waals surface area (Å²) in [6, 6.07) is 6.67. The van der Waals surface area contributed by atoms with Crippen molar-refractivity contribution >= 4 is 17.5 Å². The maximum Gasteiger partial charge on any atom is 0.251 e. The summed E-state index contributed by atoms with van der Waals surface area (Å²) in [5.41, 5.74) is 1.51. The highest BCUT2D eigenvalue weighted by Crippen LogP contribution is 2.31. The number of carbonyl (C=O) groups is 2. The number of aliphatic hydroxyl groups excluding tert-OH is 1. The average Bonchev–Trinajstić information content (AvgIpc) is 3.35. The van der Waals surface area contributed by atoms with E-state index in [1.165, 1.54) is 0 Å². The van der Waals surface area contributed by atoms with E-state index in [-0.39, 0.29) is 36.0 Å². The number of piperazine rings is 1. The van der Waals surface area contributed by atoms with Crippen LogP contribution in [0.15, 0.2) is 24.3 Å². The van der Waals surface area contributed by atoms with Crippen molar-refractivity contribution in [1.82, 2.24) is 15.1 Å². The zero-order valence-electron chi connectivity index (χ0n) is 20.3. The first kappa shape index (κ1) is 24.0. The third-order valence-corrected chi connectivity index (χ3v) is 6.97. The van der Waals surface area contributed by atoms with E-state index in [9.17, 15) is 14.7 Å². The first-order valence-corrected chi connectivity index (χ1v) is 12.1. The van der Waals surface area contributed by atoms with Gasteiger partial charge in [0.2, 0.25) is 5.91 Å². The minimum absolute atomic E-state index is 0.114. The summed E-state index contributed by atoms with van der Waals surface area (Å²) in [5.74, 6) is -0.383. The SMILES string of the molecule is CN1CCN(c2ccc(C(=O)NC(CC(C)(C)C)C(=O)N3CC[C@H]4OC[C@H](O)[C@H]43)cc2)CC1. The Balaban J connectivity index is 1.45. The van der Waals surface area contributed by atoms with E-state index in [1.54, 1.807) is 4.90 Å². The van der Waals surface area contributed by atoms with Crippen LogP contribution in [-0.4, -0.2) is 97.4 Å². The number of anilines is 1. The van der Waals surface area contributed by atoms with Crippen LogP contribution >= 0.6 is 0 Å². The summed E-state index contributed by atoms with van der Waals surface area (Å²) >= 11 is 0. The highest BCUT2D eigenvalue weighted by molar-refractivity contribution is 5.98. The Kier molecular flexibility index (Phi) is 6.98. The van der Waals surface area contributed by atoms with Gasteiger partial charge >= 0.3 is 0 Å². The van der Waals surface area contributed by atoms with Crippen LogP contribution in [0.25, 0.3) is 0 Å². The summed E-state index contributed by atoms with van der Waals surface area (Å²) in [5, 5.41) is 13.3. The second-order valence-corrected chi connectivity index (χ2v) is 10.9. The fourth-order valence-electron chi connectivity index (χ4n) is 5.14. The fraction of sp³-hybridized carbons (Fsp3) is 0.680. The van der Waals surface area contributed by atoms with Crippen molar-refractivity contribution in [2.75, 3.05) is 51.3 Å². The lowest BCUT2D eigenvalue weighted by atomic mass is 9.87. The van der Waals surface area contributed by atoms with Gasteiger partial charge in [-0.15, -0.1) is 0 Å². The van der Waals surface area contributed by atoms with Crippen molar-refractivity contribution in [3.63, 3.8) is 0 Å². The number of fused-ring (bicyclic) bond motifs is 1. The smallest absolute Gasteiger partial charge is 0.251 e. The second kappa shape index (κ2) is 9.60. The molecule has 0 bridgehead atoms. The van der Waals surface area contributed by atoms with Gasteiger partial charge in [0.25, 0.3) is 5.91 Å². The summed E-state index contributed by atoms with van der Waals surface area (Å²) in [4.78, 5) is 33.0. The van der Waals surface area contributed by atoms with Crippen LogP contribution in [0.5, 0.6) is 0 Å². The summed E-state index contributed by atoms with van der Waals surface area (Å²) < 4.78 is 5.63. The largest absolute Gasteiger partial charge is 0.388 e. The topological polar surface area (TPSA) is 85.4 Å². The predicted molar refractivity (Wildman–Crippen MR) is 127 cm³/mol. The number of ether oxygens (including phenoxy) is 1. The number of likely N-dealkylation sites (N-methyl/N-ethyl adjacent to an activating group) is 1. The Bertz CT molecular complexity index is 845. The molecular weight excluding hydrogens is 420 g/mol. The molecule has 8 heteroatoms. The molecule has 4 atom stereocenters. The fourth-order valence-corrected chi connectivity index (χ4v) is 5.14. The molecule has 0 spiro atoms. The average molecular weight is 459 g/mol. The standard InChI is InChI=1S/C25H38N4O4/c1-25(2,3)15-19(24(32)29-10-9-21-22(29)20(30)16-33-21)26-23(31)17-5-7-18(8-6-17)28-13-11-27(4)12-14-28/h5-8,19-22,30H,9-16H2,1-4H3,(H,26,31)/t19?,20-,21+,22+/m0/s1. The van der Waals surface area contributed by atoms with Crippen LogP contribution in [0, 0.1) is 5.41 Å². The van der Waals surface area contributed by atoms with Crippen LogP contribution in [0.2, 0.25) is 0 Å². The lowest BCUT2D eigenvalue weighted by Gasteiger charge is -2.34. The predicted octanol–water partition coefficient (Wildman–Crippen LogP) is 1.33. The Labute approximate surface area is 196 Å².